The smallest absolute Gasteiger partial charge is 0.187 e. The first kappa shape index (κ1) is 10.2. The fourth-order valence-electron chi connectivity index (χ4n) is 1.06. The highest BCUT2D eigenvalue weighted by molar-refractivity contribution is 6.99. The van der Waals surface area contributed by atoms with Crippen LogP contribution < -0.4 is 0 Å². The SMILES string of the molecule is O=C(Cc1cnsn1)c1ccc(Cl)cn1. The van der Waals surface area contributed by atoms with Crippen molar-refractivity contribution in [1.29, 1.82) is 0 Å². The second-order valence-electron chi connectivity index (χ2n) is 2.86. The summed E-state index contributed by atoms with van der Waals surface area (Å²) in [5, 5.41) is 0.516. The van der Waals surface area contributed by atoms with Gasteiger partial charge in [0.1, 0.15) is 5.69 Å². The van der Waals surface area contributed by atoms with Crippen LogP contribution in [0.15, 0.2) is 24.5 Å². The zero-order chi connectivity index (χ0) is 10.7. The molecular weight excluding hydrogens is 234 g/mol. The van der Waals surface area contributed by atoms with Crippen LogP contribution in [0.1, 0.15) is 16.2 Å². The number of hydrogen-bond acceptors (Lipinski definition) is 5. The molecule has 0 spiro atoms. The van der Waals surface area contributed by atoms with Gasteiger partial charge in [-0.05, 0) is 12.1 Å². The number of pyridine rings is 1. The van der Waals surface area contributed by atoms with Crippen LogP contribution in [-0.2, 0) is 6.42 Å². The summed E-state index contributed by atoms with van der Waals surface area (Å²) in [6.07, 6.45) is 3.26. The molecule has 6 heteroatoms. The number of carbonyl (C=O) groups excluding carboxylic acids is 1. The van der Waals surface area contributed by atoms with Crippen molar-refractivity contribution in [3.05, 3.63) is 40.9 Å². The second kappa shape index (κ2) is 4.46. The molecule has 76 valence electrons. The van der Waals surface area contributed by atoms with Crippen molar-refractivity contribution in [1.82, 2.24) is 13.7 Å². The number of rotatable bonds is 3. The van der Waals surface area contributed by atoms with Crippen molar-refractivity contribution < 1.29 is 4.79 Å². The molecule has 2 aromatic heterocycles. The van der Waals surface area contributed by atoms with Crippen LogP contribution in [0.4, 0.5) is 0 Å². The van der Waals surface area contributed by atoms with Crippen LogP contribution in [0, 0.1) is 0 Å². The number of hydrogen-bond donors (Lipinski definition) is 0. The van der Waals surface area contributed by atoms with E-state index in [1.54, 1.807) is 18.3 Å². The molecule has 0 unspecified atom stereocenters. The molecule has 0 saturated carbocycles. The second-order valence-corrected chi connectivity index (χ2v) is 3.85. The summed E-state index contributed by atoms with van der Waals surface area (Å²) in [7, 11) is 0. The minimum absolute atomic E-state index is 0.0839. The van der Waals surface area contributed by atoms with E-state index < -0.39 is 0 Å². The molecule has 2 aromatic rings. The van der Waals surface area contributed by atoms with Gasteiger partial charge >= 0.3 is 0 Å². The fourth-order valence-corrected chi connectivity index (χ4v) is 1.60. The molecule has 15 heavy (non-hydrogen) atoms. The van der Waals surface area contributed by atoms with Crippen LogP contribution in [-0.4, -0.2) is 19.5 Å². The summed E-state index contributed by atoms with van der Waals surface area (Å²) in [5.74, 6) is -0.0839. The third-order valence-electron chi connectivity index (χ3n) is 1.76. The molecular formula is C9H6ClN3OS. The molecule has 0 saturated heterocycles. The number of Topliss-reactive ketones (excluding diaryl/α,β-unsaturated/α-hetero) is 1. The lowest BCUT2D eigenvalue weighted by Crippen LogP contribution is -2.05. The molecule has 0 amide bonds. The lowest BCUT2D eigenvalue weighted by atomic mass is 10.1. The molecule has 0 radical (unpaired) electrons. The molecule has 0 bridgehead atoms. The zero-order valence-corrected chi connectivity index (χ0v) is 9.13. The maximum absolute atomic E-state index is 11.7. The molecule has 0 fully saturated rings. The molecule has 0 aliphatic rings. The largest absolute Gasteiger partial charge is 0.292 e. The predicted molar refractivity (Wildman–Crippen MR) is 57.2 cm³/mol. The zero-order valence-electron chi connectivity index (χ0n) is 7.55. The van der Waals surface area contributed by atoms with Gasteiger partial charge < -0.3 is 0 Å². The molecule has 4 nitrogen and oxygen atoms in total. The Morgan fingerprint density at radius 2 is 2.27 bits per heavy atom. The van der Waals surface area contributed by atoms with Gasteiger partial charge in [0.15, 0.2) is 5.78 Å². The highest BCUT2D eigenvalue weighted by atomic mass is 35.5. The number of carbonyl (C=O) groups is 1. The van der Waals surface area contributed by atoms with Gasteiger partial charge in [-0.25, -0.2) is 0 Å². The van der Waals surface area contributed by atoms with Gasteiger partial charge in [0, 0.05) is 6.20 Å². The molecule has 2 rings (SSSR count). The summed E-state index contributed by atoms with van der Waals surface area (Å²) in [5.41, 5.74) is 1.06. The van der Waals surface area contributed by atoms with E-state index >= 15 is 0 Å². The summed E-state index contributed by atoms with van der Waals surface area (Å²) in [4.78, 5) is 15.6. The first-order chi connectivity index (χ1) is 7.25. The average Bonchev–Trinajstić information content (AvgIpc) is 2.71. The van der Waals surface area contributed by atoms with E-state index in [0.717, 1.165) is 11.7 Å². The van der Waals surface area contributed by atoms with Gasteiger partial charge in [0.25, 0.3) is 0 Å². The lowest BCUT2D eigenvalue weighted by Gasteiger charge is -1.97. The van der Waals surface area contributed by atoms with Gasteiger partial charge in [-0.3, -0.25) is 9.78 Å². The van der Waals surface area contributed by atoms with Crippen LogP contribution >= 0.6 is 23.3 Å². The van der Waals surface area contributed by atoms with E-state index in [-0.39, 0.29) is 12.2 Å². The number of halogens is 1. The minimum atomic E-state index is -0.0839. The molecule has 0 atom stereocenters. The van der Waals surface area contributed by atoms with Crippen molar-refractivity contribution in [2.45, 2.75) is 6.42 Å². The molecule has 2 heterocycles. The highest BCUT2D eigenvalue weighted by Crippen LogP contribution is 2.08. The van der Waals surface area contributed by atoms with Gasteiger partial charge in [0.05, 0.1) is 35.1 Å². The van der Waals surface area contributed by atoms with Gasteiger partial charge in [0.2, 0.25) is 0 Å². The normalized spacial score (nSPS) is 10.2. The maximum Gasteiger partial charge on any atom is 0.187 e. The van der Waals surface area contributed by atoms with Gasteiger partial charge in [-0.2, -0.15) is 8.75 Å². The van der Waals surface area contributed by atoms with Crippen LogP contribution in [0.3, 0.4) is 0 Å². The number of aromatic nitrogens is 3. The summed E-state index contributed by atoms with van der Waals surface area (Å²) < 4.78 is 7.77. The lowest BCUT2D eigenvalue weighted by molar-refractivity contribution is 0.0987. The standard InChI is InChI=1S/C9H6ClN3OS/c10-6-1-2-8(11-4-6)9(14)3-7-5-12-15-13-7/h1-2,4-5H,3H2. The van der Waals surface area contributed by atoms with E-state index in [2.05, 4.69) is 13.7 Å². The summed E-state index contributed by atoms with van der Waals surface area (Å²) >= 11 is 6.75. The Kier molecular flexibility index (Phi) is 3.03. The maximum atomic E-state index is 11.7. The van der Waals surface area contributed by atoms with Crippen molar-refractivity contribution in [3.63, 3.8) is 0 Å². The molecule has 0 aliphatic heterocycles. The quantitative estimate of drug-likeness (QED) is 0.769. The van der Waals surface area contributed by atoms with E-state index in [0.29, 0.717) is 16.4 Å². The van der Waals surface area contributed by atoms with Crippen molar-refractivity contribution in [2.75, 3.05) is 0 Å². The van der Waals surface area contributed by atoms with Crippen molar-refractivity contribution in [3.8, 4) is 0 Å². The fraction of sp³-hybridized carbons (Fsp3) is 0.111. The Bertz CT molecular complexity index is 455. The third-order valence-corrected chi connectivity index (χ3v) is 2.50. The van der Waals surface area contributed by atoms with Crippen molar-refractivity contribution >= 4 is 29.1 Å². The van der Waals surface area contributed by atoms with Crippen LogP contribution in [0.5, 0.6) is 0 Å². The Morgan fingerprint density at radius 3 is 2.87 bits per heavy atom. The van der Waals surface area contributed by atoms with Crippen molar-refractivity contribution in [2.24, 2.45) is 0 Å². The molecule has 0 aromatic carbocycles. The van der Waals surface area contributed by atoms with E-state index in [4.69, 9.17) is 11.6 Å². The highest BCUT2D eigenvalue weighted by Gasteiger charge is 2.09. The van der Waals surface area contributed by atoms with E-state index in [1.807, 2.05) is 0 Å². The molecule has 0 N–H and O–H groups in total. The average molecular weight is 240 g/mol. The van der Waals surface area contributed by atoms with E-state index in [9.17, 15) is 4.79 Å². The van der Waals surface area contributed by atoms with Crippen LogP contribution in [0.2, 0.25) is 5.02 Å². The topological polar surface area (TPSA) is 55.7 Å². The monoisotopic (exact) mass is 239 g/mol. The number of ketones is 1. The molecule has 0 aliphatic carbocycles. The van der Waals surface area contributed by atoms with Gasteiger partial charge in [-0.1, -0.05) is 11.6 Å². The number of nitrogens with zero attached hydrogens (tertiary/aromatic N) is 3. The van der Waals surface area contributed by atoms with E-state index in [1.165, 1.54) is 6.20 Å². The predicted octanol–water partition coefficient (Wildman–Crippen LogP) is 2.01. The minimum Gasteiger partial charge on any atom is -0.292 e. The first-order valence-electron chi connectivity index (χ1n) is 4.17. The first-order valence-corrected chi connectivity index (χ1v) is 5.28. The summed E-state index contributed by atoms with van der Waals surface area (Å²) in [6, 6.07) is 3.24. The Morgan fingerprint density at radius 1 is 1.40 bits per heavy atom. The Balaban J connectivity index is 2.11. The van der Waals surface area contributed by atoms with Crippen LogP contribution in [0.25, 0.3) is 0 Å². The summed E-state index contributed by atoms with van der Waals surface area (Å²) in [6.45, 7) is 0. The Labute approximate surface area is 95.3 Å². The van der Waals surface area contributed by atoms with Gasteiger partial charge in [-0.15, -0.1) is 0 Å². The Hall–Kier alpha value is -1.33. The third kappa shape index (κ3) is 2.57.